The predicted octanol–water partition coefficient (Wildman–Crippen LogP) is 2.49. The second kappa shape index (κ2) is 3.41. The maximum Gasteiger partial charge on any atom is 0.416 e. The number of rotatable bonds is 0. The molecule has 2 N–H and O–H groups in total. The molecule has 0 amide bonds. The molecule has 0 saturated carbocycles. The molecule has 0 bridgehead atoms. The van der Waals surface area contributed by atoms with Gasteiger partial charge in [-0.05, 0) is 12.1 Å². The van der Waals surface area contributed by atoms with E-state index in [4.69, 9.17) is 10.5 Å². The van der Waals surface area contributed by atoms with Crippen molar-refractivity contribution in [3.63, 3.8) is 0 Å². The van der Waals surface area contributed by atoms with E-state index in [0.717, 1.165) is 12.1 Å². The fraction of sp³-hybridized carbons (Fsp3) is 0.400. The smallest absolute Gasteiger partial charge is 0.416 e. The Morgan fingerprint density at radius 2 is 2.07 bits per heavy atom. The first-order valence-electron chi connectivity index (χ1n) is 4.58. The van der Waals surface area contributed by atoms with Crippen LogP contribution < -0.4 is 10.5 Å². The third-order valence-corrected chi connectivity index (χ3v) is 2.43. The van der Waals surface area contributed by atoms with Gasteiger partial charge in [-0.1, -0.05) is 6.07 Å². The van der Waals surface area contributed by atoms with E-state index in [2.05, 4.69) is 0 Å². The first kappa shape index (κ1) is 10.3. The Morgan fingerprint density at radius 3 is 2.73 bits per heavy atom. The molecule has 1 aromatic rings. The van der Waals surface area contributed by atoms with E-state index >= 15 is 0 Å². The van der Waals surface area contributed by atoms with Gasteiger partial charge in [0, 0.05) is 18.0 Å². The molecule has 1 unspecified atom stereocenters. The summed E-state index contributed by atoms with van der Waals surface area (Å²) in [7, 11) is 0. The van der Waals surface area contributed by atoms with Crippen molar-refractivity contribution in [2.75, 3.05) is 6.61 Å². The van der Waals surface area contributed by atoms with Crippen molar-refractivity contribution in [2.24, 2.45) is 5.73 Å². The summed E-state index contributed by atoms with van der Waals surface area (Å²) in [5, 5.41) is 0. The minimum absolute atomic E-state index is 0.226. The minimum atomic E-state index is -4.33. The minimum Gasteiger partial charge on any atom is -0.493 e. The summed E-state index contributed by atoms with van der Waals surface area (Å²) in [4.78, 5) is 0. The van der Waals surface area contributed by atoms with Crippen LogP contribution in [-0.2, 0) is 6.18 Å². The SMILES string of the molecule is NC1CCOc2cc(C(F)(F)F)ccc21. The molecule has 1 atom stereocenters. The van der Waals surface area contributed by atoms with E-state index in [1.54, 1.807) is 0 Å². The van der Waals surface area contributed by atoms with Crippen LogP contribution in [0, 0.1) is 0 Å². The van der Waals surface area contributed by atoms with Gasteiger partial charge in [-0.15, -0.1) is 0 Å². The summed E-state index contributed by atoms with van der Waals surface area (Å²) in [6.07, 6.45) is -3.70. The van der Waals surface area contributed by atoms with Crippen LogP contribution in [0.5, 0.6) is 5.75 Å². The van der Waals surface area contributed by atoms with Crippen LogP contribution in [0.2, 0.25) is 0 Å². The number of ether oxygens (including phenoxy) is 1. The number of alkyl halides is 3. The molecule has 0 saturated heterocycles. The van der Waals surface area contributed by atoms with Crippen LogP contribution in [0.4, 0.5) is 13.2 Å². The van der Waals surface area contributed by atoms with Crippen molar-refractivity contribution in [1.29, 1.82) is 0 Å². The first-order chi connectivity index (χ1) is 6.98. The number of hydrogen-bond acceptors (Lipinski definition) is 2. The summed E-state index contributed by atoms with van der Waals surface area (Å²) in [5.74, 6) is 0.253. The van der Waals surface area contributed by atoms with Gasteiger partial charge in [0.1, 0.15) is 5.75 Å². The van der Waals surface area contributed by atoms with Crippen LogP contribution in [0.25, 0.3) is 0 Å². The van der Waals surface area contributed by atoms with Crippen molar-refractivity contribution >= 4 is 0 Å². The highest BCUT2D eigenvalue weighted by atomic mass is 19.4. The number of halogens is 3. The average molecular weight is 217 g/mol. The Kier molecular flexibility index (Phi) is 2.34. The molecule has 1 aromatic carbocycles. The lowest BCUT2D eigenvalue weighted by molar-refractivity contribution is -0.137. The zero-order chi connectivity index (χ0) is 11.1. The summed E-state index contributed by atoms with van der Waals surface area (Å²) >= 11 is 0. The van der Waals surface area contributed by atoms with Gasteiger partial charge >= 0.3 is 6.18 Å². The van der Waals surface area contributed by atoms with Gasteiger partial charge in [0.05, 0.1) is 12.2 Å². The largest absolute Gasteiger partial charge is 0.493 e. The van der Waals surface area contributed by atoms with Crippen LogP contribution in [0.1, 0.15) is 23.6 Å². The van der Waals surface area contributed by atoms with Gasteiger partial charge < -0.3 is 10.5 Å². The van der Waals surface area contributed by atoms with Crippen molar-refractivity contribution in [3.05, 3.63) is 29.3 Å². The van der Waals surface area contributed by atoms with Gasteiger partial charge in [-0.25, -0.2) is 0 Å². The molecule has 0 radical (unpaired) electrons. The standard InChI is InChI=1S/C10H10F3NO/c11-10(12,13)6-1-2-7-8(14)3-4-15-9(7)5-6/h1-2,5,8H,3-4,14H2. The molecule has 0 fully saturated rings. The van der Waals surface area contributed by atoms with E-state index in [1.807, 2.05) is 0 Å². The monoisotopic (exact) mass is 217 g/mol. The summed E-state index contributed by atoms with van der Waals surface area (Å²) < 4.78 is 42.3. The zero-order valence-electron chi connectivity index (χ0n) is 7.84. The van der Waals surface area contributed by atoms with E-state index in [9.17, 15) is 13.2 Å². The Balaban J connectivity index is 2.42. The lowest BCUT2D eigenvalue weighted by Gasteiger charge is -2.23. The number of hydrogen-bond donors (Lipinski definition) is 1. The Morgan fingerprint density at radius 1 is 1.33 bits per heavy atom. The van der Waals surface area contributed by atoms with Crippen LogP contribution in [-0.4, -0.2) is 6.61 Å². The second-order valence-electron chi connectivity index (χ2n) is 3.49. The Bertz CT molecular complexity index is 375. The topological polar surface area (TPSA) is 35.2 Å². The van der Waals surface area contributed by atoms with Crippen molar-refractivity contribution in [3.8, 4) is 5.75 Å². The number of fused-ring (bicyclic) bond motifs is 1. The predicted molar refractivity (Wildman–Crippen MR) is 48.5 cm³/mol. The highest BCUT2D eigenvalue weighted by Crippen LogP contribution is 2.36. The molecular weight excluding hydrogens is 207 g/mol. The maximum absolute atomic E-state index is 12.4. The van der Waals surface area contributed by atoms with Gasteiger partial charge in [-0.2, -0.15) is 13.2 Å². The third kappa shape index (κ3) is 1.92. The zero-order valence-corrected chi connectivity index (χ0v) is 7.84. The quantitative estimate of drug-likeness (QED) is 0.724. The molecule has 0 aromatic heterocycles. The number of benzene rings is 1. The van der Waals surface area contributed by atoms with Gasteiger partial charge in [-0.3, -0.25) is 0 Å². The maximum atomic E-state index is 12.4. The first-order valence-corrected chi connectivity index (χ1v) is 4.58. The molecule has 0 aliphatic carbocycles. The van der Waals surface area contributed by atoms with Gasteiger partial charge in [0.25, 0.3) is 0 Å². The molecule has 0 spiro atoms. The second-order valence-corrected chi connectivity index (χ2v) is 3.49. The molecule has 15 heavy (non-hydrogen) atoms. The normalized spacial score (nSPS) is 20.7. The van der Waals surface area contributed by atoms with E-state index in [0.29, 0.717) is 18.6 Å². The highest BCUT2D eigenvalue weighted by Gasteiger charge is 2.32. The van der Waals surface area contributed by atoms with E-state index < -0.39 is 11.7 Å². The fourth-order valence-electron chi connectivity index (χ4n) is 1.59. The van der Waals surface area contributed by atoms with Crippen LogP contribution in [0.15, 0.2) is 18.2 Å². The lowest BCUT2D eigenvalue weighted by Crippen LogP contribution is -2.21. The van der Waals surface area contributed by atoms with E-state index in [-0.39, 0.29) is 11.8 Å². The lowest BCUT2D eigenvalue weighted by atomic mass is 9.99. The van der Waals surface area contributed by atoms with Crippen molar-refractivity contribution in [2.45, 2.75) is 18.6 Å². The molecule has 1 aliphatic rings. The fourth-order valence-corrected chi connectivity index (χ4v) is 1.59. The highest BCUT2D eigenvalue weighted by molar-refractivity contribution is 5.41. The molecule has 2 rings (SSSR count). The van der Waals surface area contributed by atoms with Crippen molar-refractivity contribution in [1.82, 2.24) is 0 Å². The summed E-state index contributed by atoms with van der Waals surface area (Å²) in [6.45, 7) is 0.371. The Hall–Kier alpha value is -1.23. The summed E-state index contributed by atoms with van der Waals surface area (Å²) in [6, 6.07) is 3.21. The molecular formula is C10H10F3NO. The van der Waals surface area contributed by atoms with E-state index in [1.165, 1.54) is 6.07 Å². The average Bonchev–Trinajstić information content (AvgIpc) is 2.16. The molecule has 1 heterocycles. The molecule has 5 heteroatoms. The Labute approximate surface area is 84.8 Å². The molecule has 2 nitrogen and oxygen atoms in total. The third-order valence-electron chi connectivity index (χ3n) is 2.43. The van der Waals surface area contributed by atoms with Gasteiger partial charge in [0.2, 0.25) is 0 Å². The molecule has 82 valence electrons. The molecule has 1 aliphatic heterocycles. The van der Waals surface area contributed by atoms with Crippen LogP contribution in [0.3, 0.4) is 0 Å². The number of nitrogens with two attached hydrogens (primary N) is 1. The van der Waals surface area contributed by atoms with Gasteiger partial charge in [0.15, 0.2) is 0 Å². The van der Waals surface area contributed by atoms with Crippen LogP contribution >= 0.6 is 0 Å². The van der Waals surface area contributed by atoms with Crippen molar-refractivity contribution < 1.29 is 17.9 Å². The summed E-state index contributed by atoms with van der Waals surface area (Å²) in [5.41, 5.74) is 5.69.